The summed E-state index contributed by atoms with van der Waals surface area (Å²) in [6.07, 6.45) is 1.38. The molecule has 230 valence electrons. The lowest BCUT2D eigenvalue weighted by molar-refractivity contribution is 0.141. The van der Waals surface area contributed by atoms with Gasteiger partial charge in [0.2, 0.25) is 22.7 Å². The largest absolute Gasteiger partial charge is 0.512 e. The summed E-state index contributed by atoms with van der Waals surface area (Å²) >= 11 is 1.09. The highest BCUT2D eigenvalue weighted by Crippen LogP contribution is 2.44. The molecule has 1 aliphatic rings. The molecule has 1 N–H and O–H groups in total. The molecule has 0 fully saturated rings. The van der Waals surface area contributed by atoms with Crippen LogP contribution in [-0.4, -0.2) is 52.1 Å². The molecule has 0 amide bonds. The fourth-order valence-corrected chi connectivity index (χ4v) is 7.66. The highest BCUT2D eigenvalue weighted by Gasteiger charge is 2.27. The van der Waals surface area contributed by atoms with Crippen LogP contribution in [0.2, 0.25) is 0 Å². The highest BCUT2D eigenvalue weighted by atomic mass is 32.2. The summed E-state index contributed by atoms with van der Waals surface area (Å²) in [6.45, 7) is 4.72. The van der Waals surface area contributed by atoms with Crippen LogP contribution in [0.5, 0.6) is 17.4 Å². The van der Waals surface area contributed by atoms with Crippen LogP contribution in [0.3, 0.4) is 0 Å². The number of benzene rings is 3. The Hall–Kier alpha value is -4.36. The summed E-state index contributed by atoms with van der Waals surface area (Å²) in [5.74, 6) is 1.40. The van der Waals surface area contributed by atoms with E-state index in [0.717, 1.165) is 35.6 Å². The molecule has 44 heavy (non-hydrogen) atoms. The molecule has 3 heterocycles. The molecule has 0 atom stereocenters. The molecule has 2 aromatic heterocycles. The van der Waals surface area contributed by atoms with Gasteiger partial charge in [-0.2, -0.15) is 8.75 Å². The summed E-state index contributed by atoms with van der Waals surface area (Å²) in [6, 6.07) is 16.5. The average molecular weight is 637 g/mol. The molecule has 5 aromatic rings. The number of anilines is 1. The normalized spacial score (nSPS) is 12.7. The molecule has 6 rings (SSSR count). The van der Waals surface area contributed by atoms with Crippen molar-refractivity contribution in [2.45, 2.75) is 46.1 Å². The highest BCUT2D eigenvalue weighted by molar-refractivity contribution is 7.92. The Labute approximate surface area is 259 Å². The standard InChI is InChI=1S/C31H32N4O7S2/c1-3-5-13-35(44(38,39)14-6-4-2)22-9-11-26-23(17-22)29(21-8-10-24-25(16-21)33-43-32-24)30(42-31(36)37)34(26)18-20-7-12-27-28(15-20)41-19-40-27/h7-12,15-17H,3-6,13-14,18-19H2,1-2H3,(H,36,37). The molecular formula is C31H32N4O7S2. The fourth-order valence-electron chi connectivity index (χ4n) is 5.43. The number of sulfonamides is 1. The maximum atomic E-state index is 13.5. The van der Waals surface area contributed by atoms with Crippen molar-refractivity contribution in [3.8, 4) is 28.5 Å². The van der Waals surface area contributed by atoms with Gasteiger partial charge in [-0.25, -0.2) is 13.2 Å². The van der Waals surface area contributed by atoms with Crippen LogP contribution >= 0.6 is 11.7 Å². The zero-order chi connectivity index (χ0) is 30.8. The Morgan fingerprint density at radius 1 is 1.00 bits per heavy atom. The number of hydrogen-bond donors (Lipinski definition) is 1. The number of fused-ring (bicyclic) bond motifs is 3. The zero-order valence-electron chi connectivity index (χ0n) is 24.4. The Kier molecular flexibility index (Phi) is 8.32. The van der Waals surface area contributed by atoms with Gasteiger partial charge in [-0.05, 0) is 66.4 Å². The molecule has 3 aromatic carbocycles. The number of carboxylic acid groups (broad SMARTS) is 1. The third kappa shape index (κ3) is 5.76. The molecule has 0 bridgehead atoms. The Bertz CT molecular complexity index is 1950. The van der Waals surface area contributed by atoms with E-state index in [1.54, 1.807) is 10.6 Å². The first-order valence-corrected chi connectivity index (χ1v) is 16.8. The summed E-state index contributed by atoms with van der Waals surface area (Å²) in [4.78, 5) is 12.1. The first kappa shape index (κ1) is 29.7. The van der Waals surface area contributed by atoms with Crippen molar-refractivity contribution in [3.05, 3.63) is 60.2 Å². The van der Waals surface area contributed by atoms with Crippen LogP contribution < -0.4 is 18.5 Å². The smallest absolute Gasteiger partial charge is 0.454 e. The van der Waals surface area contributed by atoms with Crippen molar-refractivity contribution >= 4 is 55.5 Å². The third-order valence-corrected chi connectivity index (χ3v) is 10.0. The van der Waals surface area contributed by atoms with Crippen molar-refractivity contribution < 1.29 is 32.5 Å². The van der Waals surface area contributed by atoms with Crippen molar-refractivity contribution in [3.63, 3.8) is 0 Å². The van der Waals surface area contributed by atoms with Crippen LogP contribution in [-0.2, 0) is 16.6 Å². The van der Waals surface area contributed by atoms with Crippen molar-refractivity contribution in [2.24, 2.45) is 0 Å². The lowest BCUT2D eigenvalue weighted by Crippen LogP contribution is -2.34. The number of aromatic nitrogens is 3. The van der Waals surface area contributed by atoms with Gasteiger partial charge in [-0.3, -0.25) is 4.31 Å². The lowest BCUT2D eigenvalue weighted by atomic mass is 10.0. The SMILES string of the molecule is CCCCN(c1ccc2c(c1)c(-c1ccc3nsnc3c1)c(OC(=O)O)n2Cc1ccc2c(c1)OCO2)S(=O)(=O)CCCC. The van der Waals surface area contributed by atoms with Crippen molar-refractivity contribution in [1.29, 1.82) is 0 Å². The quantitative estimate of drug-likeness (QED) is 0.145. The molecule has 1 aliphatic heterocycles. The second-order valence-electron chi connectivity index (χ2n) is 10.6. The average Bonchev–Trinajstić information content (AvgIpc) is 3.73. The third-order valence-electron chi connectivity index (χ3n) is 7.60. The Morgan fingerprint density at radius 2 is 1.80 bits per heavy atom. The van der Waals surface area contributed by atoms with E-state index in [9.17, 15) is 18.3 Å². The predicted molar refractivity (Wildman–Crippen MR) is 170 cm³/mol. The van der Waals surface area contributed by atoms with Gasteiger partial charge in [-0.15, -0.1) is 0 Å². The van der Waals surface area contributed by atoms with Crippen LogP contribution in [0.4, 0.5) is 10.5 Å². The van der Waals surface area contributed by atoms with Gasteiger partial charge in [0.05, 0.1) is 40.8 Å². The topological polar surface area (TPSA) is 133 Å². The number of rotatable bonds is 12. The molecule has 0 spiro atoms. The van der Waals surface area contributed by atoms with Crippen LogP contribution in [0.25, 0.3) is 33.1 Å². The lowest BCUT2D eigenvalue weighted by Gasteiger charge is -2.24. The number of carbonyl (C=O) groups is 1. The summed E-state index contributed by atoms with van der Waals surface area (Å²) in [5.41, 5.74) is 4.59. The molecule has 0 unspecified atom stereocenters. The fraction of sp³-hybridized carbons (Fsp3) is 0.323. The molecule has 0 aliphatic carbocycles. The van der Waals surface area contributed by atoms with Gasteiger partial charge in [0.1, 0.15) is 11.0 Å². The van der Waals surface area contributed by atoms with Gasteiger partial charge in [-0.1, -0.05) is 38.8 Å². The minimum Gasteiger partial charge on any atom is -0.454 e. The summed E-state index contributed by atoms with van der Waals surface area (Å²) < 4.78 is 55.6. The number of nitrogens with zero attached hydrogens (tertiary/aromatic N) is 4. The second kappa shape index (κ2) is 12.3. The zero-order valence-corrected chi connectivity index (χ0v) is 26.0. The maximum absolute atomic E-state index is 13.5. The van der Waals surface area contributed by atoms with E-state index in [-0.39, 0.29) is 25.0 Å². The monoisotopic (exact) mass is 636 g/mol. The Morgan fingerprint density at radius 3 is 2.59 bits per heavy atom. The second-order valence-corrected chi connectivity index (χ2v) is 13.1. The van der Waals surface area contributed by atoms with Gasteiger partial charge in [0.25, 0.3) is 0 Å². The van der Waals surface area contributed by atoms with E-state index >= 15 is 0 Å². The van der Waals surface area contributed by atoms with Crippen LogP contribution in [0.15, 0.2) is 54.6 Å². The van der Waals surface area contributed by atoms with E-state index in [2.05, 4.69) is 8.75 Å². The minimum atomic E-state index is -3.60. The van der Waals surface area contributed by atoms with Gasteiger partial charge in [0, 0.05) is 11.9 Å². The summed E-state index contributed by atoms with van der Waals surface area (Å²) in [7, 11) is -3.60. The van der Waals surface area contributed by atoms with E-state index in [0.29, 0.717) is 64.1 Å². The van der Waals surface area contributed by atoms with E-state index in [1.807, 2.05) is 62.4 Å². The van der Waals surface area contributed by atoms with Crippen LogP contribution in [0.1, 0.15) is 45.1 Å². The van der Waals surface area contributed by atoms with E-state index in [1.165, 1.54) is 4.31 Å². The van der Waals surface area contributed by atoms with Gasteiger partial charge in [0.15, 0.2) is 11.5 Å². The minimum absolute atomic E-state index is 0.0457. The first-order chi connectivity index (χ1) is 21.3. The predicted octanol–water partition coefficient (Wildman–Crippen LogP) is 6.88. The number of hydrogen-bond acceptors (Lipinski definition) is 9. The summed E-state index contributed by atoms with van der Waals surface area (Å²) in [5, 5.41) is 10.5. The molecule has 11 nitrogen and oxygen atoms in total. The van der Waals surface area contributed by atoms with Crippen molar-refractivity contribution in [2.75, 3.05) is 23.4 Å². The maximum Gasteiger partial charge on any atom is 0.512 e. The first-order valence-electron chi connectivity index (χ1n) is 14.5. The molecule has 13 heteroatoms. The molecular weight excluding hydrogens is 604 g/mol. The Balaban J connectivity index is 1.57. The van der Waals surface area contributed by atoms with E-state index in [4.69, 9.17) is 14.2 Å². The van der Waals surface area contributed by atoms with E-state index < -0.39 is 16.2 Å². The van der Waals surface area contributed by atoms with Crippen molar-refractivity contribution in [1.82, 2.24) is 13.3 Å². The number of unbranched alkanes of at least 4 members (excludes halogenated alkanes) is 2. The molecule has 0 radical (unpaired) electrons. The molecule has 0 saturated carbocycles. The number of ether oxygens (including phenoxy) is 3. The molecule has 0 saturated heterocycles. The van der Waals surface area contributed by atoms with Gasteiger partial charge < -0.3 is 23.9 Å². The van der Waals surface area contributed by atoms with Gasteiger partial charge >= 0.3 is 6.16 Å². The van der Waals surface area contributed by atoms with Crippen LogP contribution in [0, 0.1) is 0 Å².